The number of unbranched alkanes of at least 4 members (excludes halogenated alkanes) is 1. The Balaban J connectivity index is 2.08. The van der Waals surface area contributed by atoms with Gasteiger partial charge >= 0.3 is 0 Å². The van der Waals surface area contributed by atoms with E-state index in [1.807, 2.05) is 18.7 Å². The third kappa shape index (κ3) is 5.93. The van der Waals surface area contributed by atoms with Crippen molar-refractivity contribution in [3.05, 3.63) is 5.82 Å². The zero-order valence-corrected chi connectivity index (χ0v) is 18.5. The molecule has 8 heteroatoms. The fourth-order valence-corrected chi connectivity index (χ4v) is 4.43. The van der Waals surface area contributed by atoms with Crippen molar-refractivity contribution in [2.75, 3.05) is 32.9 Å². The Morgan fingerprint density at radius 1 is 1.26 bits per heavy atom. The van der Waals surface area contributed by atoms with E-state index in [2.05, 4.69) is 47.6 Å². The van der Waals surface area contributed by atoms with E-state index in [9.17, 15) is 4.79 Å². The van der Waals surface area contributed by atoms with Crippen LogP contribution in [0.15, 0.2) is 5.16 Å². The highest BCUT2D eigenvalue weighted by molar-refractivity contribution is 7.99. The topological polar surface area (TPSA) is 63.5 Å². The summed E-state index contributed by atoms with van der Waals surface area (Å²) >= 11 is 1.50. The second-order valence-corrected chi connectivity index (χ2v) is 8.52. The van der Waals surface area contributed by atoms with Gasteiger partial charge in [-0.1, -0.05) is 32.0 Å². The maximum Gasteiger partial charge on any atom is 0.233 e. The van der Waals surface area contributed by atoms with Crippen molar-refractivity contribution in [2.24, 2.45) is 0 Å². The van der Waals surface area contributed by atoms with Gasteiger partial charge in [-0.2, -0.15) is 0 Å². The van der Waals surface area contributed by atoms with E-state index in [1.165, 1.54) is 11.8 Å². The van der Waals surface area contributed by atoms with Crippen LogP contribution in [-0.4, -0.2) is 75.6 Å². The number of carbonyl (C=O) groups excluding carboxylic acids is 1. The molecule has 2 rings (SSSR count). The summed E-state index contributed by atoms with van der Waals surface area (Å²) in [6, 6.07) is 0.236. The first-order valence-corrected chi connectivity index (χ1v) is 11.0. The molecular formula is C19H35N5O2S. The number of nitrogens with zero attached hydrogens (tertiary/aromatic N) is 5. The first-order valence-electron chi connectivity index (χ1n) is 10.0. The van der Waals surface area contributed by atoms with Gasteiger partial charge in [-0.05, 0) is 40.8 Å². The van der Waals surface area contributed by atoms with E-state index < -0.39 is 0 Å². The van der Waals surface area contributed by atoms with Gasteiger partial charge in [0.2, 0.25) is 5.91 Å². The molecule has 7 nitrogen and oxygen atoms in total. The highest BCUT2D eigenvalue weighted by Gasteiger charge is 2.27. The maximum absolute atomic E-state index is 12.7. The molecule has 1 amide bonds. The summed E-state index contributed by atoms with van der Waals surface area (Å²) in [7, 11) is 4.15. The van der Waals surface area contributed by atoms with Crippen LogP contribution in [0.25, 0.3) is 0 Å². The minimum absolute atomic E-state index is 0.0907. The Morgan fingerprint density at radius 2 is 1.93 bits per heavy atom. The number of hydrogen-bond donors (Lipinski definition) is 0. The van der Waals surface area contributed by atoms with Gasteiger partial charge in [0.05, 0.1) is 24.0 Å². The summed E-state index contributed by atoms with van der Waals surface area (Å²) in [5.41, 5.74) is 0. The van der Waals surface area contributed by atoms with Crippen LogP contribution in [0, 0.1) is 0 Å². The van der Waals surface area contributed by atoms with Crippen LogP contribution in [0.3, 0.4) is 0 Å². The smallest absolute Gasteiger partial charge is 0.233 e. The van der Waals surface area contributed by atoms with Gasteiger partial charge in [-0.15, -0.1) is 10.2 Å². The molecule has 0 aromatic carbocycles. The number of morpholine rings is 1. The van der Waals surface area contributed by atoms with Crippen LogP contribution in [0.2, 0.25) is 0 Å². The summed E-state index contributed by atoms with van der Waals surface area (Å²) in [6.45, 7) is 10.6. The second kappa shape index (κ2) is 10.4. The van der Waals surface area contributed by atoms with E-state index in [0.717, 1.165) is 36.8 Å². The number of rotatable bonds is 9. The summed E-state index contributed by atoms with van der Waals surface area (Å²) in [4.78, 5) is 16.8. The number of thioether (sulfide) groups is 1. The van der Waals surface area contributed by atoms with Crippen LogP contribution < -0.4 is 0 Å². The second-order valence-electron chi connectivity index (χ2n) is 7.58. The fourth-order valence-electron chi connectivity index (χ4n) is 3.56. The molecule has 1 aliphatic heterocycles. The van der Waals surface area contributed by atoms with Crippen molar-refractivity contribution in [3.63, 3.8) is 0 Å². The van der Waals surface area contributed by atoms with Gasteiger partial charge in [0.1, 0.15) is 0 Å². The molecule has 3 unspecified atom stereocenters. The van der Waals surface area contributed by atoms with E-state index in [-0.39, 0.29) is 24.2 Å². The molecule has 0 N–H and O–H groups in total. The van der Waals surface area contributed by atoms with Crippen molar-refractivity contribution < 1.29 is 9.53 Å². The van der Waals surface area contributed by atoms with Crippen molar-refractivity contribution in [3.8, 4) is 0 Å². The van der Waals surface area contributed by atoms with E-state index in [1.54, 1.807) is 0 Å². The molecule has 154 valence electrons. The van der Waals surface area contributed by atoms with E-state index in [4.69, 9.17) is 4.74 Å². The molecule has 1 aromatic rings. The zero-order valence-electron chi connectivity index (χ0n) is 17.6. The predicted molar refractivity (Wildman–Crippen MR) is 109 cm³/mol. The molecular weight excluding hydrogens is 362 g/mol. The fraction of sp³-hybridized carbons (Fsp3) is 0.842. The summed E-state index contributed by atoms with van der Waals surface area (Å²) < 4.78 is 7.93. The molecule has 0 bridgehead atoms. The van der Waals surface area contributed by atoms with E-state index in [0.29, 0.717) is 18.8 Å². The van der Waals surface area contributed by atoms with Gasteiger partial charge in [-0.3, -0.25) is 9.69 Å². The third-order valence-electron chi connectivity index (χ3n) is 4.89. The molecule has 1 aliphatic rings. The standard InChI is InChI=1S/C19H35N5O2S/c1-7-9-10-24-18(16(8-2)22(5)6)20-21-19(24)27-13-17(25)23-11-14(3)26-15(4)12-23/h14-16H,7-13H2,1-6H3. The quantitative estimate of drug-likeness (QED) is 0.597. The number of amides is 1. The van der Waals surface area contributed by atoms with Crippen molar-refractivity contribution >= 4 is 17.7 Å². The Morgan fingerprint density at radius 3 is 2.48 bits per heavy atom. The van der Waals surface area contributed by atoms with Gasteiger partial charge in [-0.25, -0.2) is 0 Å². The SMILES string of the molecule is CCCCn1c(SCC(=O)N2CC(C)OC(C)C2)nnc1C(CC)N(C)C. The van der Waals surface area contributed by atoms with Crippen molar-refractivity contribution in [1.82, 2.24) is 24.6 Å². The van der Waals surface area contributed by atoms with Gasteiger partial charge in [0.25, 0.3) is 0 Å². The Labute approximate surface area is 167 Å². The monoisotopic (exact) mass is 397 g/mol. The van der Waals surface area contributed by atoms with Crippen LogP contribution >= 0.6 is 11.8 Å². The highest BCUT2D eigenvalue weighted by Crippen LogP contribution is 2.26. The Kier molecular flexibility index (Phi) is 8.57. The van der Waals surface area contributed by atoms with E-state index >= 15 is 0 Å². The molecule has 1 fully saturated rings. The van der Waals surface area contributed by atoms with Gasteiger partial charge in [0, 0.05) is 19.6 Å². The molecule has 3 atom stereocenters. The lowest BCUT2D eigenvalue weighted by Gasteiger charge is -2.35. The third-order valence-corrected chi connectivity index (χ3v) is 5.84. The first-order chi connectivity index (χ1) is 12.9. The number of aromatic nitrogens is 3. The predicted octanol–water partition coefficient (Wildman–Crippen LogP) is 2.82. The van der Waals surface area contributed by atoms with Gasteiger partial charge < -0.3 is 14.2 Å². The lowest BCUT2D eigenvalue weighted by molar-refractivity contribution is -0.140. The first kappa shape index (κ1) is 22.2. The number of carbonyl (C=O) groups is 1. The lowest BCUT2D eigenvalue weighted by atomic mass is 10.2. The maximum atomic E-state index is 12.7. The normalized spacial score (nSPS) is 21.7. The number of ether oxygens (including phenoxy) is 1. The van der Waals surface area contributed by atoms with Crippen LogP contribution in [-0.2, 0) is 16.1 Å². The molecule has 1 aromatic heterocycles. The average molecular weight is 398 g/mol. The van der Waals surface area contributed by atoms with Crippen LogP contribution in [0.5, 0.6) is 0 Å². The molecule has 0 spiro atoms. The highest BCUT2D eigenvalue weighted by atomic mass is 32.2. The van der Waals surface area contributed by atoms with Crippen molar-refractivity contribution in [2.45, 2.75) is 76.9 Å². The average Bonchev–Trinajstić information content (AvgIpc) is 2.99. The van der Waals surface area contributed by atoms with Crippen LogP contribution in [0.1, 0.15) is 58.8 Å². The minimum atomic E-state index is 0.0907. The minimum Gasteiger partial charge on any atom is -0.372 e. The summed E-state index contributed by atoms with van der Waals surface area (Å²) in [6.07, 6.45) is 3.35. The lowest BCUT2D eigenvalue weighted by Crippen LogP contribution is -2.48. The number of hydrogen-bond acceptors (Lipinski definition) is 6. The molecule has 27 heavy (non-hydrogen) atoms. The summed E-state index contributed by atoms with van der Waals surface area (Å²) in [5, 5.41) is 9.75. The summed E-state index contributed by atoms with van der Waals surface area (Å²) in [5.74, 6) is 1.54. The zero-order chi connectivity index (χ0) is 20.0. The molecule has 0 aliphatic carbocycles. The molecule has 0 radical (unpaired) electrons. The van der Waals surface area contributed by atoms with Crippen LogP contribution in [0.4, 0.5) is 0 Å². The van der Waals surface area contributed by atoms with Gasteiger partial charge in [0.15, 0.2) is 11.0 Å². The van der Waals surface area contributed by atoms with Crippen molar-refractivity contribution in [1.29, 1.82) is 0 Å². The molecule has 1 saturated heterocycles. The Bertz CT molecular complexity index is 597. The largest absolute Gasteiger partial charge is 0.372 e. The molecule has 0 saturated carbocycles. The Hall–Kier alpha value is -1.12. The molecule has 2 heterocycles.